The molecule has 1 unspecified atom stereocenters. The van der Waals surface area contributed by atoms with Crippen LogP contribution in [0.3, 0.4) is 0 Å². The zero-order chi connectivity index (χ0) is 23.3. The summed E-state index contributed by atoms with van der Waals surface area (Å²) >= 11 is 1.41. The molecule has 0 spiro atoms. The number of benzene rings is 2. The molecule has 166 valence electrons. The maximum absolute atomic E-state index is 13.3. The highest BCUT2D eigenvalue weighted by Gasteiger charge is 2.29. The average molecular weight is 460 g/mol. The van der Waals surface area contributed by atoms with Crippen molar-refractivity contribution in [3.8, 4) is 16.9 Å². The fraction of sp³-hybridized carbons (Fsp3) is 0.200. The Bertz CT molecular complexity index is 1470. The van der Waals surface area contributed by atoms with Gasteiger partial charge in [0, 0.05) is 23.6 Å². The molecule has 1 aliphatic rings. The lowest BCUT2D eigenvalue weighted by atomic mass is 10.0. The van der Waals surface area contributed by atoms with Gasteiger partial charge in [-0.2, -0.15) is 0 Å². The highest BCUT2D eigenvalue weighted by molar-refractivity contribution is 7.17. The number of likely N-dealkylation sites (N-methyl/N-ethyl adjacent to an activating group) is 1. The third kappa shape index (κ3) is 3.62. The van der Waals surface area contributed by atoms with Crippen LogP contribution in [0.1, 0.15) is 22.8 Å². The zero-order valence-corrected chi connectivity index (χ0v) is 19.2. The Morgan fingerprint density at radius 3 is 2.67 bits per heavy atom. The number of Topliss-reactive ketones (excluding diaryl/α,β-unsaturated/α-hetero) is 1. The van der Waals surface area contributed by atoms with Gasteiger partial charge in [-0.25, -0.2) is 4.98 Å². The zero-order valence-electron chi connectivity index (χ0n) is 18.4. The Morgan fingerprint density at radius 2 is 1.91 bits per heavy atom. The molecular formula is C25H21N3O4S. The summed E-state index contributed by atoms with van der Waals surface area (Å²) < 4.78 is 6.96. The Hall–Kier alpha value is -3.78. The molecule has 0 N–H and O–H groups in total. The SMILES string of the molecule is Cc1ccc(-c2csc3ncn(CC(=O)c4ccc5c(c4)N(C)C(=O)C(C)O5)c(=O)c23)cc1. The number of amides is 1. The molecule has 4 aromatic rings. The second-order valence-electron chi connectivity index (χ2n) is 8.14. The number of rotatable bonds is 4. The molecule has 0 aliphatic carbocycles. The number of aromatic nitrogens is 2. The first kappa shape index (κ1) is 21.1. The van der Waals surface area contributed by atoms with Gasteiger partial charge in [0.05, 0.1) is 23.9 Å². The second-order valence-corrected chi connectivity index (χ2v) is 8.99. The van der Waals surface area contributed by atoms with Gasteiger partial charge in [-0.3, -0.25) is 19.0 Å². The Balaban J connectivity index is 1.49. The predicted octanol–water partition coefficient (Wildman–Crippen LogP) is 4.06. The van der Waals surface area contributed by atoms with Crippen molar-refractivity contribution in [3.05, 3.63) is 75.7 Å². The number of aryl methyl sites for hydroxylation is 1. The maximum atomic E-state index is 13.3. The first-order chi connectivity index (χ1) is 15.8. The summed E-state index contributed by atoms with van der Waals surface area (Å²) in [6, 6.07) is 12.9. The smallest absolute Gasteiger partial charge is 0.267 e. The van der Waals surface area contributed by atoms with E-state index >= 15 is 0 Å². The van der Waals surface area contributed by atoms with Crippen molar-refractivity contribution in [2.24, 2.45) is 0 Å². The molecule has 1 atom stereocenters. The number of ketones is 1. The van der Waals surface area contributed by atoms with Crippen LogP contribution in [0.25, 0.3) is 21.3 Å². The van der Waals surface area contributed by atoms with E-state index in [1.54, 1.807) is 32.2 Å². The molecule has 0 saturated carbocycles. The summed E-state index contributed by atoms with van der Waals surface area (Å²) in [6.07, 6.45) is 0.838. The largest absolute Gasteiger partial charge is 0.479 e. The number of hydrogen-bond acceptors (Lipinski definition) is 6. The summed E-state index contributed by atoms with van der Waals surface area (Å²) in [6.45, 7) is 3.54. The van der Waals surface area contributed by atoms with Crippen molar-refractivity contribution in [2.75, 3.05) is 11.9 Å². The monoisotopic (exact) mass is 459 g/mol. The number of nitrogens with zero attached hydrogens (tertiary/aromatic N) is 3. The van der Waals surface area contributed by atoms with Crippen LogP contribution in [0.4, 0.5) is 5.69 Å². The van der Waals surface area contributed by atoms with Crippen molar-refractivity contribution in [3.63, 3.8) is 0 Å². The number of thiophene rings is 1. The van der Waals surface area contributed by atoms with Gasteiger partial charge in [0.15, 0.2) is 11.9 Å². The van der Waals surface area contributed by atoms with Crippen molar-refractivity contribution in [1.29, 1.82) is 0 Å². The Labute approximate surface area is 193 Å². The van der Waals surface area contributed by atoms with Crippen LogP contribution in [-0.2, 0) is 11.3 Å². The minimum absolute atomic E-state index is 0.154. The maximum Gasteiger partial charge on any atom is 0.267 e. The lowest BCUT2D eigenvalue weighted by Gasteiger charge is -2.30. The normalized spacial score (nSPS) is 15.4. The van der Waals surface area contributed by atoms with Crippen molar-refractivity contribution in [1.82, 2.24) is 9.55 Å². The molecule has 1 amide bonds. The van der Waals surface area contributed by atoms with E-state index in [1.165, 1.54) is 27.1 Å². The molecule has 3 heterocycles. The second kappa shape index (κ2) is 7.97. The van der Waals surface area contributed by atoms with Crippen LogP contribution >= 0.6 is 11.3 Å². The molecule has 1 aliphatic heterocycles. The number of carbonyl (C=O) groups is 2. The molecule has 0 radical (unpaired) electrons. The Morgan fingerprint density at radius 1 is 1.15 bits per heavy atom. The molecular weight excluding hydrogens is 438 g/mol. The van der Waals surface area contributed by atoms with Gasteiger partial charge in [-0.15, -0.1) is 11.3 Å². The van der Waals surface area contributed by atoms with Gasteiger partial charge in [-0.05, 0) is 37.6 Å². The molecule has 8 heteroatoms. The standard InChI is InChI=1S/C25H21N3O4S/c1-14-4-6-16(7-5-14)18-12-33-23-22(18)25(31)28(13-26-23)11-20(29)17-8-9-21-19(10-17)27(3)24(30)15(2)32-21/h4-10,12-13,15H,11H2,1-3H3. The number of carbonyl (C=O) groups excluding carboxylic acids is 2. The van der Waals surface area contributed by atoms with Crippen LogP contribution in [0.15, 0.2) is 59.0 Å². The molecule has 33 heavy (non-hydrogen) atoms. The molecule has 2 aromatic heterocycles. The van der Waals surface area contributed by atoms with Crippen LogP contribution in [0, 0.1) is 6.92 Å². The fourth-order valence-electron chi connectivity index (χ4n) is 3.96. The number of anilines is 1. The van der Waals surface area contributed by atoms with E-state index in [1.807, 2.05) is 36.6 Å². The molecule has 0 bridgehead atoms. The molecule has 5 rings (SSSR count). The summed E-state index contributed by atoms with van der Waals surface area (Å²) in [5.74, 6) is 0.106. The first-order valence-electron chi connectivity index (χ1n) is 10.5. The van der Waals surface area contributed by atoms with E-state index in [2.05, 4.69) is 4.98 Å². The van der Waals surface area contributed by atoms with E-state index in [0.717, 1.165) is 16.7 Å². The third-order valence-corrected chi connectivity index (χ3v) is 6.75. The summed E-state index contributed by atoms with van der Waals surface area (Å²) in [5.41, 5.74) is 3.55. The van der Waals surface area contributed by atoms with Crippen LogP contribution in [-0.4, -0.2) is 34.4 Å². The van der Waals surface area contributed by atoms with Crippen LogP contribution in [0.2, 0.25) is 0 Å². The van der Waals surface area contributed by atoms with Crippen molar-refractivity contribution >= 4 is 38.9 Å². The van der Waals surface area contributed by atoms with E-state index in [0.29, 0.717) is 27.2 Å². The summed E-state index contributed by atoms with van der Waals surface area (Å²) in [7, 11) is 1.65. The quantitative estimate of drug-likeness (QED) is 0.430. The lowest BCUT2D eigenvalue weighted by molar-refractivity contribution is -0.125. The average Bonchev–Trinajstić information content (AvgIpc) is 3.24. The molecule has 0 saturated heterocycles. The van der Waals surface area contributed by atoms with Gasteiger partial charge >= 0.3 is 0 Å². The molecule has 7 nitrogen and oxygen atoms in total. The highest BCUT2D eigenvalue weighted by Crippen LogP contribution is 2.34. The number of hydrogen-bond donors (Lipinski definition) is 0. The molecule has 0 fully saturated rings. The van der Waals surface area contributed by atoms with Crippen LogP contribution < -0.4 is 15.2 Å². The third-order valence-electron chi connectivity index (χ3n) is 5.86. The topological polar surface area (TPSA) is 81.5 Å². The predicted molar refractivity (Wildman–Crippen MR) is 128 cm³/mol. The Kier molecular flexibility index (Phi) is 5.09. The van der Waals surface area contributed by atoms with Crippen LogP contribution in [0.5, 0.6) is 5.75 Å². The van der Waals surface area contributed by atoms with Gasteiger partial charge in [0.1, 0.15) is 10.6 Å². The van der Waals surface area contributed by atoms with E-state index in [4.69, 9.17) is 4.74 Å². The van der Waals surface area contributed by atoms with Crippen molar-refractivity contribution < 1.29 is 14.3 Å². The van der Waals surface area contributed by atoms with Gasteiger partial charge < -0.3 is 9.64 Å². The summed E-state index contributed by atoms with van der Waals surface area (Å²) in [5, 5.41) is 2.44. The molecule has 2 aromatic carbocycles. The fourth-order valence-corrected chi connectivity index (χ4v) is 4.86. The van der Waals surface area contributed by atoms with E-state index in [9.17, 15) is 14.4 Å². The minimum atomic E-state index is -0.575. The minimum Gasteiger partial charge on any atom is -0.479 e. The first-order valence-corrected chi connectivity index (χ1v) is 11.4. The number of ether oxygens (including phenoxy) is 1. The van der Waals surface area contributed by atoms with Crippen molar-refractivity contribution in [2.45, 2.75) is 26.5 Å². The summed E-state index contributed by atoms with van der Waals surface area (Å²) in [4.78, 5) is 45.1. The lowest BCUT2D eigenvalue weighted by Crippen LogP contribution is -2.42. The highest BCUT2D eigenvalue weighted by atomic mass is 32.1. The van der Waals surface area contributed by atoms with Gasteiger partial charge in [-0.1, -0.05) is 29.8 Å². The van der Waals surface area contributed by atoms with E-state index in [-0.39, 0.29) is 23.8 Å². The van der Waals surface area contributed by atoms with Gasteiger partial charge in [0.2, 0.25) is 0 Å². The number of fused-ring (bicyclic) bond motifs is 2. The van der Waals surface area contributed by atoms with E-state index < -0.39 is 6.10 Å². The van der Waals surface area contributed by atoms with Gasteiger partial charge in [0.25, 0.3) is 11.5 Å².